The van der Waals surface area contributed by atoms with Crippen LogP contribution in [-0.2, 0) is 11.3 Å². The topological polar surface area (TPSA) is 80.5 Å². The largest absolute Gasteiger partial charge is 0.361 e. The first-order chi connectivity index (χ1) is 19.8. The Labute approximate surface area is 242 Å². The van der Waals surface area contributed by atoms with Gasteiger partial charge in [0.25, 0.3) is 0 Å². The van der Waals surface area contributed by atoms with Gasteiger partial charge in [0.15, 0.2) is 0 Å². The first-order valence-electron chi connectivity index (χ1n) is 14.5. The van der Waals surface area contributed by atoms with Crippen molar-refractivity contribution in [2.24, 2.45) is 0 Å². The van der Waals surface area contributed by atoms with Crippen LogP contribution in [0.1, 0.15) is 53.9 Å². The molecule has 214 valence electrons. The fraction of sp³-hybridized carbons (Fsp3) is 0.353. The Morgan fingerprint density at radius 1 is 1.00 bits per heavy atom. The Morgan fingerprint density at radius 3 is 2.51 bits per heavy atom. The number of amides is 3. The van der Waals surface area contributed by atoms with E-state index in [2.05, 4.69) is 57.8 Å². The maximum absolute atomic E-state index is 13.8. The molecule has 2 heterocycles. The van der Waals surface area contributed by atoms with Gasteiger partial charge in [-0.3, -0.25) is 4.79 Å². The number of hydrogen-bond donors (Lipinski definition) is 3. The molecule has 1 aliphatic heterocycles. The number of hydrogen-bond acceptors (Lipinski definition) is 3. The predicted octanol–water partition coefficient (Wildman–Crippen LogP) is 6.24. The highest BCUT2D eigenvalue weighted by Gasteiger charge is 2.32. The molecule has 1 aromatic heterocycles. The number of rotatable bonds is 8. The molecular weight excluding hydrogens is 510 g/mol. The third-order valence-electron chi connectivity index (χ3n) is 8.16. The second-order valence-corrected chi connectivity index (χ2v) is 11.6. The Morgan fingerprint density at radius 2 is 1.76 bits per heavy atom. The second kappa shape index (κ2) is 12.6. The number of benzene rings is 3. The molecule has 1 saturated heterocycles. The van der Waals surface area contributed by atoms with Gasteiger partial charge in [-0.15, -0.1) is 0 Å². The molecule has 3 N–H and O–H groups in total. The number of para-hydroxylation sites is 1. The number of nitrogens with one attached hydrogen (secondary N) is 3. The minimum atomic E-state index is -0.756. The van der Waals surface area contributed by atoms with Crippen molar-refractivity contribution in [1.29, 1.82) is 0 Å². The molecule has 7 heteroatoms. The van der Waals surface area contributed by atoms with Crippen molar-refractivity contribution >= 4 is 28.5 Å². The standard InChI is InChI=1S/C34H41N5O2/c1-23-9-7-11-27(19-23)26-15-17-39(18-16-26)34(41)37-32(24(2)30-21-35-31-14-6-5-13-29(30)31)33(40)36-28-12-8-10-25(20-28)22-38(3)4/h5-14,19-21,24,26,32,35H,15-18,22H2,1-4H3,(H,36,40)(H,37,41)/t24-,32+/m0/s1. The van der Waals surface area contributed by atoms with Crippen molar-refractivity contribution < 1.29 is 9.59 Å². The number of anilines is 1. The molecule has 4 aromatic rings. The molecule has 1 fully saturated rings. The number of H-pyrrole nitrogens is 1. The third-order valence-corrected chi connectivity index (χ3v) is 8.16. The maximum Gasteiger partial charge on any atom is 0.318 e. The van der Waals surface area contributed by atoms with Gasteiger partial charge in [0.1, 0.15) is 6.04 Å². The summed E-state index contributed by atoms with van der Waals surface area (Å²) in [6.07, 6.45) is 3.77. The van der Waals surface area contributed by atoms with Gasteiger partial charge in [0, 0.05) is 48.3 Å². The summed E-state index contributed by atoms with van der Waals surface area (Å²) in [4.78, 5) is 34.7. The second-order valence-electron chi connectivity index (χ2n) is 11.6. The number of likely N-dealkylation sites (tertiary alicyclic amines) is 1. The Kier molecular flexibility index (Phi) is 8.74. The zero-order valence-electron chi connectivity index (χ0n) is 24.5. The number of aryl methyl sites for hydroxylation is 1. The van der Waals surface area contributed by atoms with Gasteiger partial charge in [-0.2, -0.15) is 0 Å². The number of nitrogens with zero attached hydrogens (tertiary/aromatic N) is 2. The zero-order valence-corrected chi connectivity index (χ0v) is 24.5. The Hall–Kier alpha value is -4.10. The van der Waals surface area contributed by atoms with Crippen LogP contribution in [0.25, 0.3) is 10.9 Å². The van der Waals surface area contributed by atoms with E-state index in [4.69, 9.17) is 0 Å². The van der Waals surface area contributed by atoms with E-state index >= 15 is 0 Å². The SMILES string of the molecule is Cc1cccc(C2CCN(C(=O)N[C@@H](C(=O)Nc3cccc(CN(C)C)c3)[C@@H](C)c3c[nH]c4ccccc34)CC2)c1. The molecular formula is C34H41N5O2. The summed E-state index contributed by atoms with van der Waals surface area (Å²) in [6, 6.07) is 23.6. The summed E-state index contributed by atoms with van der Waals surface area (Å²) >= 11 is 0. The monoisotopic (exact) mass is 551 g/mol. The van der Waals surface area contributed by atoms with Crippen LogP contribution in [0.15, 0.2) is 79.0 Å². The zero-order chi connectivity index (χ0) is 28.9. The van der Waals surface area contributed by atoms with E-state index in [0.29, 0.717) is 19.0 Å². The van der Waals surface area contributed by atoms with Gasteiger partial charge in [-0.1, -0.05) is 67.1 Å². The molecule has 0 unspecified atom stereocenters. The van der Waals surface area contributed by atoms with E-state index in [1.54, 1.807) is 0 Å². The minimum absolute atomic E-state index is 0.194. The first-order valence-corrected chi connectivity index (χ1v) is 14.5. The summed E-state index contributed by atoms with van der Waals surface area (Å²) in [5.74, 6) is -0.0460. The van der Waals surface area contributed by atoms with Crippen molar-refractivity contribution in [1.82, 2.24) is 20.1 Å². The molecule has 0 bridgehead atoms. The van der Waals surface area contributed by atoms with Crippen molar-refractivity contribution in [3.8, 4) is 0 Å². The van der Waals surface area contributed by atoms with Gasteiger partial charge in [0.2, 0.25) is 5.91 Å². The van der Waals surface area contributed by atoms with Gasteiger partial charge in [-0.05, 0) is 74.7 Å². The molecule has 1 aliphatic rings. The van der Waals surface area contributed by atoms with Crippen LogP contribution in [0.2, 0.25) is 0 Å². The maximum atomic E-state index is 13.8. The fourth-order valence-electron chi connectivity index (χ4n) is 5.96. The van der Waals surface area contributed by atoms with Crippen LogP contribution in [0.4, 0.5) is 10.5 Å². The summed E-state index contributed by atoms with van der Waals surface area (Å²) < 4.78 is 0. The lowest BCUT2D eigenvalue weighted by atomic mass is 9.89. The molecule has 41 heavy (non-hydrogen) atoms. The average molecular weight is 552 g/mol. The number of carbonyl (C=O) groups is 2. The van der Waals surface area contributed by atoms with Crippen molar-refractivity contribution in [2.45, 2.75) is 51.1 Å². The number of piperidine rings is 1. The van der Waals surface area contributed by atoms with Gasteiger partial charge in [-0.25, -0.2) is 4.79 Å². The Balaban J connectivity index is 1.33. The highest BCUT2D eigenvalue weighted by Crippen LogP contribution is 2.30. The lowest BCUT2D eigenvalue weighted by molar-refractivity contribution is -0.118. The number of carbonyl (C=O) groups excluding carboxylic acids is 2. The quantitative estimate of drug-likeness (QED) is 0.243. The van der Waals surface area contributed by atoms with Gasteiger partial charge in [0.05, 0.1) is 0 Å². The van der Waals surface area contributed by atoms with Crippen LogP contribution >= 0.6 is 0 Å². The van der Waals surface area contributed by atoms with Crippen LogP contribution in [0.3, 0.4) is 0 Å². The molecule has 5 rings (SSSR count). The highest BCUT2D eigenvalue weighted by atomic mass is 16.2. The van der Waals surface area contributed by atoms with Gasteiger partial charge >= 0.3 is 6.03 Å². The first kappa shape index (κ1) is 28.4. The fourth-order valence-corrected chi connectivity index (χ4v) is 5.96. The molecule has 0 saturated carbocycles. The normalized spacial score (nSPS) is 15.6. The molecule has 0 spiro atoms. The number of aromatic nitrogens is 1. The molecule has 7 nitrogen and oxygen atoms in total. The van der Waals surface area contributed by atoms with Crippen LogP contribution in [-0.4, -0.2) is 59.9 Å². The summed E-state index contributed by atoms with van der Waals surface area (Å²) in [7, 11) is 4.03. The lowest BCUT2D eigenvalue weighted by Gasteiger charge is -2.34. The molecule has 3 amide bonds. The third kappa shape index (κ3) is 6.80. The smallest absolute Gasteiger partial charge is 0.318 e. The molecule has 2 atom stereocenters. The molecule has 3 aromatic carbocycles. The number of urea groups is 1. The average Bonchev–Trinajstić information content (AvgIpc) is 3.39. The number of aromatic amines is 1. The molecule has 0 radical (unpaired) electrons. The van der Waals surface area contributed by atoms with E-state index in [1.807, 2.05) is 74.6 Å². The summed E-state index contributed by atoms with van der Waals surface area (Å²) in [5, 5.41) is 7.27. The molecule has 0 aliphatic carbocycles. The number of fused-ring (bicyclic) bond motifs is 1. The van der Waals surface area contributed by atoms with E-state index < -0.39 is 6.04 Å². The van der Waals surface area contributed by atoms with Crippen molar-refractivity contribution in [3.63, 3.8) is 0 Å². The van der Waals surface area contributed by atoms with E-state index in [0.717, 1.165) is 47.1 Å². The van der Waals surface area contributed by atoms with Crippen LogP contribution in [0.5, 0.6) is 0 Å². The van der Waals surface area contributed by atoms with Crippen molar-refractivity contribution in [2.75, 3.05) is 32.5 Å². The van der Waals surface area contributed by atoms with Crippen LogP contribution < -0.4 is 10.6 Å². The van der Waals surface area contributed by atoms with Gasteiger partial charge < -0.3 is 25.4 Å². The van der Waals surface area contributed by atoms with E-state index in [-0.39, 0.29) is 17.9 Å². The minimum Gasteiger partial charge on any atom is -0.361 e. The van der Waals surface area contributed by atoms with Crippen LogP contribution in [0, 0.1) is 6.92 Å². The lowest BCUT2D eigenvalue weighted by Crippen LogP contribution is -2.53. The van der Waals surface area contributed by atoms with E-state index in [1.165, 1.54) is 11.1 Å². The Bertz CT molecular complexity index is 1500. The van der Waals surface area contributed by atoms with E-state index in [9.17, 15) is 9.59 Å². The predicted molar refractivity (Wildman–Crippen MR) is 166 cm³/mol. The van der Waals surface area contributed by atoms with Crippen molar-refractivity contribution in [3.05, 3.63) is 101 Å². The summed E-state index contributed by atoms with van der Waals surface area (Å²) in [5.41, 5.74) is 6.44. The summed E-state index contributed by atoms with van der Waals surface area (Å²) in [6.45, 7) is 6.21. The highest BCUT2D eigenvalue weighted by molar-refractivity contribution is 5.98.